The highest BCUT2D eigenvalue weighted by Crippen LogP contribution is 2.47. The second kappa shape index (κ2) is 10.6. The molecular formula is C31H27F3N2O5. The maximum absolute atomic E-state index is 14.2. The Morgan fingerprint density at radius 2 is 1.80 bits per heavy atom. The van der Waals surface area contributed by atoms with Crippen LogP contribution in [0.5, 0.6) is 11.5 Å². The first-order chi connectivity index (χ1) is 19.7. The molecule has 2 heterocycles. The average Bonchev–Trinajstić information content (AvgIpc) is 3.71. The molecular weight excluding hydrogens is 537 g/mol. The van der Waals surface area contributed by atoms with Gasteiger partial charge in [-0.2, -0.15) is 18.2 Å². The zero-order valence-electron chi connectivity index (χ0n) is 22.5. The van der Waals surface area contributed by atoms with Gasteiger partial charge in [-0.15, -0.1) is 0 Å². The zero-order valence-corrected chi connectivity index (χ0v) is 22.5. The number of carbonyl (C=O) groups excluding carboxylic acids is 1. The molecule has 2 atom stereocenters. The fraction of sp³-hybridized carbons (Fsp3) is 0.323. The first-order valence-corrected chi connectivity index (χ1v) is 13.4. The van der Waals surface area contributed by atoms with Crippen LogP contribution in [-0.4, -0.2) is 29.8 Å². The van der Waals surface area contributed by atoms with E-state index in [9.17, 15) is 18.0 Å². The molecule has 7 nitrogen and oxygen atoms in total. The molecule has 10 heteroatoms. The number of alkyl halides is 3. The van der Waals surface area contributed by atoms with Crippen LogP contribution in [0.25, 0.3) is 22.5 Å². The van der Waals surface area contributed by atoms with Crippen molar-refractivity contribution in [2.45, 2.75) is 50.8 Å². The van der Waals surface area contributed by atoms with Crippen LogP contribution in [-0.2, 0) is 28.5 Å². The molecule has 0 radical (unpaired) electrons. The van der Waals surface area contributed by atoms with E-state index in [1.807, 2.05) is 13.0 Å². The SMILES string of the molecule is CCc1nc(-c2ccc(-c3c(C(F)(F)F)ccc4c3CC[C@H]4Oc3ccc4c(c3)OCC4CC(=O)OC)cc2)no1. The number of esters is 1. The van der Waals surface area contributed by atoms with Gasteiger partial charge >= 0.3 is 12.1 Å². The van der Waals surface area contributed by atoms with Gasteiger partial charge in [0.1, 0.15) is 17.6 Å². The normalized spacial score (nSPS) is 17.6. The number of fused-ring (bicyclic) bond motifs is 2. The molecule has 3 aromatic carbocycles. The van der Waals surface area contributed by atoms with Crippen molar-refractivity contribution in [3.63, 3.8) is 0 Å². The minimum atomic E-state index is -4.52. The fourth-order valence-corrected chi connectivity index (χ4v) is 5.60. The van der Waals surface area contributed by atoms with Crippen LogP contribution in [0.1, 0.15) is 59.9 Å². The van der Waals surface area contributed by atoms with Crippen molar-refractivity contribution in [3.8, 4) is 34.0 Å². The summed E-state index contributed by atoms with van der Waals surface area (Å²) in [6.07, 6.45) is -3.15. The van der Waals surface area contributed by atoms with Crippen molar-refractivity contribution in [1.82, 2.24) is 10.1 Å². The van der Waals surface area contributed by atoms with Crippen LogP contribution in [0, 0.1) is 0 Å². The van der Waals surface area contributed by atoms with Gasteiger partial charge in [0.2, 0.25) is 11.7 Å². The lowest BCUT2D eigenvalue weighted by atomic mass is 9.91. The molecule has 41 heavy (non-hydrogen) atoms. The number of hydrogen-bond acceptors (Lipinski definition) is 7. The first kappa shape index (κ1) is 26.9. The highest BCUT2D eigenvalue weighted by Gasteiger charge is 2.38. The Morgan fingerprint density at radius 1 is 1.05 bits per heavy atom. The fourth-order valence-electron chi connectivity index (χ4n) is 5.60. The third kappa shape index (κ3) is 5.14. The summed E-state index contributed by atoms with van der Waals surface area (Å²) < 4.78 is 64.6. The Labute approximate surface area is 234 Å². The summed E-state index contributed by atoms with van der Waals surface area (Å²) in [5.74, 6) is 1.67. The predicted octanol–water partition coefficient (Wildman–Crippen LogP) is 7.09. The lowest BCUT2D eigenvalue weighted by Crippen LogP contribution is -2.10. The van der Waals surface area contributed by atoms with Crippen LogP contribution < -0.4 is 9.47 Å². The molecule has 4 aromatic rings. The number of ether oxygens (including phenoxy) is 3. The maximum Gasteiger partial charge on any atom is 0.417 e. The average molecular weight is 565 g/mol. The number of hydrogen-bond donors (Lipinski definition) is 0. The van der Waals surface area contributed by atoms with Crippen molar-refractivity contribution < 1.29 is 36.7 Å². The molecule has 0 spiro atoms. The summed E-state index contributed by atoms with van der Waals surface area (Å²) in [5, 5.41) is 3.95. The molecule has 0 N–H and O–H groups in total. The maximum atomic E-state index is 14.2. The van der Waals surface area contributed by atoms with Crippen molar-refractivity contribution in [2.75, 3.05) is 13.7 Å². The van der Waals surface area contributed by atoms with Crippen molar-refractivity contribution in [3.05, 3.63) is 82.7 Å². The second-order valence-corrected chi connectivity index (χ2v) is 10.1. The van der Waals surface area contributed by atoms with E-state index in [4.69, 9.17) is 18.7 Å². The number of halogens is 3. The monoisotopic (exact) mass is 564 g/mol. The molecule has 0 fully saturated rings. The van der Waals surface area contributed by atoms with Gasteiger partial charge in [-0.1, -0.05) is 48.5 Å². The first-order valence-electron chi connectivity index (χ1n) is 13.4. The molecule has 2 aliphatic rings. The van der Waals surface area contributed by atoms with Gasteiger partial charge in [0, 0.05) is 29.5 Å². The Kier molecular flexibility index (Phi) is 6.93. The molecule has 212 valence electrons. The van der Waals surface area contributed by atoms with Gasteiger partial charge in [-0.3, -0.25) is 4.79 Å². The van der Waals surface area contributed by atoms with E-state index in [0.29, 0.717) is 65.8 Å². The van der Waals surface area contributed by atoms with Crippen LogP contribution in [0.15, 0.2) is 59.1 Å². The number of aryl methyl sites for hydroxylation is 1. The topological polar surface area (TPSA) is 83.7 Å². The van der Waals surface area contributed by atoms with Crippen molar-refractivity contribution in [2.24, 2.45) is 0 Å². The van der Waals surface area contributed by atoms with Gasteiger partial charge in [0.15, 0.2) is 0 Å². The van der Waals surface area contributed by atoms with E-state index in [1.165, 1.54) is 13.2 Å². The molecule has 1 aromatic heterocycles. The second-order valence-electron chi connectivity index (χ2n) is 10.1. The smallest absolute Gasteiger partial charge is 0.417 e. The van der Waals surface area contributed by atoms with E-state index in [0.717, 1.165) is 17.2 Å². The largest absolute Gasteiger partial charge is 0.492 e. The summed E-state index contributed by atoms with van der Waals surface area (Å²) in [6, 6.07) is 14.9. The summed E-state index contributed by atoms with van der Waals surface area (Å²) in [6.45, 7) is 2.27. The Bertz CT molecular complexity index is 1600. The highest BCUT2D eigenvalue weighted by molar-refractivity contribution is 5.76. The van der Waals surface area contributed by atoms with E-state index in [-0.39, 0.29) is 23.9 Å². The highest BCUT2D eigenvalue weighted by atomic mass is 19.4. The molecule has 1 aliphatic carbocycles. The summed E-state index contributed by atoms with van der Waals surface area (Å²) in [4.78, 5) is 16.0. The van der Waals surface area contributed by atoms with Crippen molar-refractivity contribution in [1.29, 1.82) is 0 Å². The van der Waals surface area contributed by atoms with Crippen LogP contribution in [0.2, 0.25) is 0 Å². The van der Waals surface area contributed by atoms with Gasteiger partial charge in [-0.25, -0.2) is 0 Å². The number of rotatable bonds is 7. The minimum Gasteiger partial charge on any atom is -0.492 e. The van der Waals surface area contributed by atoms with Gasteiger partial charge in [-0.05, 0) is 47.2 Å². The Morgan fingerprint density at radius 3 is 2.51 bits per heavy atom. The van der Waals surface area contributed by atoms with Gasteiger partial charge in [0.25, 0.3) is 0 Å². The summed E-state index contributed by atoms with van der Waals surface area (Å²) in [7, 11) is 1.35. The molecule has 0 amide bonds. The summed E-state index contributed by atoms with van der Waals surface area (Å²) >= 11 is 0. The van der Waals surface area contributed by atoms with E-state index >= 15 is 0 Å². The molecule has 0 saturated carbocycles. The predicted molar refractivity (Wildman–Crippen MR) is 143 cm³/mol. The molecule has 1 aliphatic heterocycles. The quantitative estimate of drug-likeness (QED) is 0.222. The number of aromatic nitrogens is 2. The minimum absolute atomic E-state index is 0.0952. The van der Waals surface area contributed by atoms with Crippen LogP contribution in [0.3, 0.4) is 0 Å². The van der Waals surface area contributed by atoms with Crippen molar-refractivity contribution >= 4 is 5.97 Å². The molecule has 0 bridgehead atoms. The number of benzene rings is 3. The number of nitrogens with zero attached hydrogens (tertiary/aromatic N) is 2. The molecule has 0 saturated heterocycles. The number of carbonyl (C=O) groups is 1. The zero-order chi connectivity index (χ0) is 28.7. The lowest BCUT2D eigenvalue weighted by Gasteiger charge is -2.20. The third-order valence-electron chi connectivity index (χ3n) is 7.64. The Balaban J connectivity index is 1.29. The Hall–Kier alpha value is -4.34. The summed E-state index contributed by atoms with van der Waals surface area (Å²) in [5.41, 5.74) is 2.86. The van der Waals surface area contributed by atoms with Crippen LogP contribution in [0.4, 0.5) is 13.2 Å². The van der Waals surface area contributed by atoms with Gasteiger partial charge < -0.3 is 18.7 Å². The van der Waals surface area contributed by atoms with Crippen LogP contribution >= 0.6 is 0 Å². The third-order valence-corrected chi connectivity index (χ3v) is 7.64. The standard InChI is InChI=1S/C31H27F3N2O5/c1-3-27-35-30(36-41-27)18-6-4-17(5-7-18)29-23-11-13-25(22(23)10-12-24(29)31(32,33)34)40-20-8-9-21-19(14-28(37)38-2)16-39-26(21)15-20/h4-10,12,15,19,25H,3,11,13-14,16H2,1-2H3/t19?,25-/m1/s1. The molecule has 6 rings (SSSR count). The van der Waals surface area contributed by atoms with E-state index in [1.54, 1.807) is 36.4 Å². The van der Waals surface area contributed by atoms with E-state index < -0.39 is 17.8 Å². The van der Waals surface area contributed by atoms with Gasteiger partial charge in [0.05, 0.1) is 25.7 Å². The van der Waals surface area contributed by atoms with E-state index in [2.05, 4.69) is 10.1 Å². The lowest BCUT2D eigenvalue weighted by molar-refractivity contribution is -0.141. The molecule has 1 unspecified atom stereocenters. The number of methoxy groups -OCH3 is 1.